The Balaban J connectivity index is 2.39. The van der Waals surface area contributed by atoms with Crippen LogP contribution >= 0.6 is 0 Å². The van der Waals surface area contributed by atoms with Crippen LogP contribution < -0.4 is 0 Å². The standard InChI is InChI=1S/C16H9NO4/c18-13-7-14(19)11-5-4-9-12(17(20)21)6-2-8-1-3-10(13)16(11)15(8)9/h1-7,18-19H. The normalized spacial score (nSPS) is 11.6. The summed E-state index contributed by atoms with van der Waals surface area (Å²) in [6.45, 7) is 0. The Hall–Kier alpha value is -3.08. The van der Waals surface area contributed by atoms with Crippen LogP contribution in [0.25, 0.3) is 32.3 Å². The molecule has 0 aliphatic rings. The Morgan fingerprint density at radius 3 is 2.05 bits per heavy atom. The van der Waals surface area contributed by atoms with Gasteiger partial charge in [-0.1, -0.05) is 6.07 Å². The predicted molar refractivity (Wildman–Crippen MR) is 80.1 cm³/mol. The highest BCUT2D eigenvalue weighted by Crippen LogP contribution is 2.44. The minimum atomic E-state index is -0.425. The average molecular weight is 279 g/mol. The molecule has 0 atom stereocenters. The van der Waals surface area contributed by atoms with Crippen LogP contribution in [0.1, 0.15) is 0 Å². The van der Waals surface area contributed by atoms with Crippen molar-refractivity contribution in [3.63, 3.8) is 0 Å². The number of benzene rings is 4. The third-order valence-corrected chi connectivity index (χ3v) is 3.91. The Labute approximate surface area is 118 Å². The molecule has 5 heteroatoms. The Kier molecular flexibility index (Phi) is 2.08. The molecule has 2 N–H and O–H groups in total. The smallest absolute Gasteiger partial charge is 0.277 e. The number of hydrogen-bond acceptors (Lipinski definition) is 4. The fraction of sp³-hybridized carbons (Fsp3) is 0. The summed E-state index contributed by atoms with van der Waals surface area (Å²) in [6, 6.07) is 11.3. The molecule has 5 nitrogen and oxygen atoms in total. The van der Waals surface area contributed by atoms with Gasteiger partial charge in [-0.15, -0.1) is 0 Å². The van der Waals surface area contributed by atoms with E-state index in [2.05, 4.69) is 0 Å². The fourth-order valence-electron chi connectivity index (χ4n) is 3.00. The van der Waals surface area contributed by atoms with E-state index in [1.54, 1.807) is 24.3 Å². The molecule has 0 unspecified atom stereocenters. The number of rotatable bonds is 1. The number of hydrogen-bond donors (Lipinski definition) is 2. The zero-order valence-corrected chi connectivity index (χ0v) is 10.7. The highest BCUT2D eigenvalue weighted by molar-refractivity contribution is 6.26. The summed E-state index contributed by atoms with van der Waals surface area (Å²) < 4.78 is 0. The van der Waals surface area contributed by atoms with Gasteiger partial charge in [0.15, 0.2) is 0 Å². The van der Waals surface area contributed by atoms with Crippen molar-refractivity contribution in [1.82, 2.24) is 0 Å². The van der Waals surface area contributed by atoms with Crippen LogP contribution in [0, 0.1) is 10.1 Å². The molecule has 4 rings (SSSR count). The predicted octanol–water partition coefficient (Wildman–Crippen LogP) is 3.90. The zero-order valence-electron chi connectivity index (χ0n) is 10.7. The van der Waals surface area contributed by atoms with Crippen molar-refractivity contribution in [2.45, 2.75) is 0 Å². The molecule has 0 bridgehead atoms. The van der Waals surface area contributed by atoms with Crippen molar-refractivity contribution in [2.24, 2.45) is 0 Å². The average Bonchev–Trinajstić information content (AvgIpc) is 2.46. The molecule has 4 aromatic carbocycles. The second-order valence-corrected chi connectivity index (χ2v) is 5.00. The summed E-state index contributed by atoms with van der Waals surface area (Å²) >= 11 is 0. The molecule has 0 saturated heterocycles. The first-order chi connectivity index (χ1) is 10.1. The van der Waals surface area contributed by atoms with Gasteiger partial charge >= 0.3 is 0 Å². The summed E-state index contributed by atoms with van der Waals surface area (Å²) in [7, 11) is 0. The van der Waals surface area contributed by atoms with Gasteiger partial charge in [-0.3, -0.25) is 10.1 Å². The molecular weight excluding hydrogens is 270 g/mol. The van der Waals surface area contributed by atoms with E-state index in [1.807, 2.05) is 6.07 Å². The first-order valence-electron chi connectivity index (χ1n) is 6.35. The Bertz CT molecular complexity index is 1020. The van der Waals surface area contributed by atoms with Gasteiger partial charge in [0.2, 0.25) is 0 Å². The third-order valence-electron chi connectivity index (χ3n) is 3.91. The molecule has 0 fully saturated rings. The SMILES string of the molecule is O=[N+]([O-])c1ccc2ccc3c(O)cc(O)c4ccc1c2c34. The minimum absolute atomic E-state index is 0.0136. The first-order valence-corrected chi connectivity index (χ1v) is 6.35. The van der Waals surface area contributed by atoms with Gasteiger partial charge in [0.25, 0.3) is 5.69 Å². The molecule has 4 aromatic rings. The number of nitro benzene ring substituents is 1. The third kappa shape index (κ3) is 1.40. The topological polar surface area (TPSA) is 83.6 Å². The largest absolute Gasteiger partial charge is 0.507 e. The van der Waals surface area contributed by atoms with Crippen molar-refractivity contribution < 1.29 is 15.1 Å². The lowest BCUT2D eigenvalue weighted by Gasteiger charge is -2.12. The number of phenols is 2. The van der Waals surface area contributed by atoms with Crippen LogP contribution in [0.4, 0.5) is 5.69 Å². The van der Waals surface area contributed by atoms with Gasteiger partial charge in [0.05, 0.1) is 10.3 Å². The number of nitro groups is 1. The van der Waals surface area contributed by atoms with Gasteiger partial charge in [-0.2, -0.15) is 0 Å². The molecule has 0 aliphatic carbocycles. The summed E-state index contributed by atoms with van der Waals surface area (Å²) in [6.07, 6.45) is 0. The molecule has 0 aliphatic heterocycles. The Morgan fingerprint density at radius 2 is 1.38 bits per heavy atom. The molecule has 0 radical (unpaired) electrons. The van der Waals surface area contributed by atoms with Gasteiger partial charge in [-0.05, 0) is 29.7 Å². The monoisotopic (exact) mass is 279 g/mol. The maximum Gasteiger partial charge on any atom is 0.277 e. The van der Waals surface area contributed by atoms with Crippen LogP contribution in [0.15, 0.2) is 42.5 Å². The van der Waals surface area contributed by atoms with Crippen LogP contribution in [-0.4, -0.2) is 15.1 Å². The van der Waals surface area contributed by atoms with Gasteiger partial charge < -0.3 is 10.2 Å². The van der Waals surface area contributed by atoms with Gasteiger partial charge in [0.1, 0.15) is 11.5 Å². The van der Waals surface area contributed by atoms with Gasteiger partial charge in [-0.25, -0.2) is 0 Å². The van der Waals surface area contributed by atoms with Crippen LogP contribution in [0.5, 0.6) is 11.5 Å². The second kappa shape index (κ2) is 3.73. The number of non-ortho nitro benzene ring substituents is 1. The van der Waals surface area contributed by atoms with E-state index in [-0.39, 0.29) is 17.2 Å². The fourth-order valence-corrected chi connectivity index (χ4v) is 3.00. The van der Waals surface area contributed by atoms with E-state index < -0.39 is 4.92 Å². The van der Waals surface area contributed by atoms with E-state index in [4.69, 9.17) is 0 Å². The maximum atomic E-state index is 11.2. The van der Waals surface area contributed by atoms with Crippen LogP contribution in [0.2, 0.25) is 0 Å². The van der Waals surface area contributed by atoms with Crippen molar-refractivity contribution in [1.29, 1.82) is 0 Å². The Morgan fingerprint density at radius 1 is 0.810 bits per heavy atom. The van der Waals surface area contributed by atoms with Crippen molar-refractivity contribution in [3.8, 4) is 11.5 Å². The van der Waals surface area contributed by atoms with E-state index in [1.165, 1.54) is 12.1 Å². The molecule has 0 heterocycles. The second-order valence-electron chi connectivity index (χ2n) is 5.00. The van der Waals surface area contributed by atoms with Gasteiger partial charge in [0, 0.05) is 33.7 Å². The summed E-state index contributed by atoms with van der Waals surface area (Å²) in [5.74, 6) is -0.0817. The highest BCUT2D eigenvalue weighted by Gasteiger charge is 2.19. The minimum Gasteiger partial charge on any atom is -0.507 e. The zero-order chi connectivity index (χ0) is 14.7. The lowest BCUT2D eigenvalue weighted by Crippen LogP contribution is -1.91. The molecule has 21 heavy (non-hydrogen) atoms. The quantitative estimate of drug-likeness (QED) is 0.314. The number of nitrogens with zero attached hydrogens (tertiary/aromatic N) is 1. The lowest BCUT2D eigenvalue weighted by molar-refractivity contribution is -0.383. The van der Waals surface area contributed by atoms with E-state index in [0.717, 1.165) is 5.39 Å². The summed E-state index contributed by atoms with van der Waals surface area (Å²) in [5, 5.41) is 35.0. The van der Waals surface area contributed by atoms with E-state index in [0.29, 0.717) is 26.9 Å². The van der Waals surface area contributed by atoms with Crippen LogP contribution in [0.3, 0.4) is 0 Å². The lowest BCUT2D eigenvalue weighted by atomic mass is 9.92. The molecule has 102 valence electrons. The molecule has 0 amide bonds. The van der Waals surface area contributed by atoms with Crippen LogP contribution in [-0.2, 0) is 0 Å². The maximum absolute atomic E-state index is 11.2. The van der Waals surface area contributed by atoms with Crippen molar-refractivity contribution >= 4 is 38.0 Å². The molecule has 0 saturated carbocycles. The van der Waals surface area contributed by atoms with Crippen molar-refractivity contribution in [3.05, 3.63) is 52.6 Å². The first kappa shape index (κ1) is 11.7. The summed E-state index contributed by atoms with van der Waals surface area (Å²) in [5.41, 5.74) is 0.0136. The van der Waals surface area contributed by atoms with E-state index >= 15 is 0 Å². The number of phenolic OH excluding ortho intramolecular Hbond substituents is 2. The molecule has 0 spiro atoms. The number of aromatic hydroxyl groups is 2. The van der Waals surface area contributed by atoms with E-state index in [9.17, 15) is 20.3 Å². The van der Waals surface area contributed by atoms with Crippen molar-refractivity contribution in [2.75, 3.05) is 0 Å². The summed E-state index contributed by atoms with van der Waals surface area (Å²) in [4.78, 5) is 10.8. The highest BCUT2D eigenvalue weighted by atomic mass is 16.6. The molecule has 0 aromatic heterocycles. The molecular formula is C16H9NO4.